The van der Waals surface area contributed by atoms with Crippen LogP contribution in [0.1, 0.15) is 39.5 Å². The van der Waals surface area contributed by atoms with Gasteiger partial charge in [-0.2, -0.15) is 10.2 Å². The van der Waals surface area contributed by atoms with E-state index < -0.39 is 0 Å². The smallest absolute Gasteiger partial charge is 0.103 e. The number of ether oxygens (including phenoxy) is 1. The van der Waals surface area contributed by atoms with Gasteiger partial charge in [-0.15, -0.1) is 0 Å². The summed E-state index contributed by atoms with van der Waals surface area (Å²) in [7, 11) is 0. The molecule has 3 aromatic rings. The van der Waals surface area contributed by atoms with Gasteiger partial charge < -0.3 is 9.64 Å². The molecule has 8 heteroatoms. The maximum absolute atomic E-state index is 6.75. The highest BCUT2D eigenvalue weighted by molar-refractivity contribution is 6.34. The monoisotopic (exact) mass is 466 g/mol. The van der Waals surface area contributed by atoms with Crippen LogP contribution in [0, 0.1) is 5.41 Å². The second-order valence-electron chi connectivity index (χ2n) is 11.1. The van der Waals surface area contributed by atoms with E-state index >= 15 is 0 Å². The van der Waals surface area contributed by atoms with Crippen molar-refractivity contribution < 1.29 is 4.74 Å². The van der Waals surface area contributed by atoms with Gasteiger partial charge in [0.2, 0.25) is 0 Å². The number of hydrogen-bond donors (Lipinski definition) is 0. The van der Waals surface area contributed by atoms with Crippen LogP contribution >= 0.6 is 11.6 Å². The molecule has 4 heterocycles. The average molecular weight is 467 g/mol. The fourth-order valence-electron chi connectivity index (χ4n) is 6.79. The highest BCUT2D eigenvalue weighted by atomic mass is 35.5. The molecule has 0 unspecified atom stereocenters. The molecule has 2 aromatic heterocycles. The molecule has 0 spiro atoms. The van der Waals surface area contributed by atoms with E-state index in [-0.39, 0.29) is 11.1 Å². The minimum atomic E-state index is 0.204. The number of benzene rings is 1. The molecule has 3 saturated carbocycles. The standard InChI is InChI=1S/C25H31ClN6O/c1-3-24-13-25(14-24,15-24)31-12-19(11-27-31)32-21-9-22(20(26)8-18(21)10-28-32)29-4-6-30(7-5-29)23(2)16-33-17-23/h8-12H,3-7,13-17H2,1-2H3. The predicted molar refractivity (Wildman–Crippen MR) is 129 cm³/mol. The number of fused-ring (bicyclic) bond motifs is 1. The Morgan fingerprint density at radius 3 is 2.45 bits per heavy atom. The number of piperazine rings is 1. The fourth-order valence-corrected chi connectivity index (χ4v) is 7.08. The van der Waals surface area contributed by atoms with Crippen molar-refractivity contribution in [2.45, 2.75) is 50.6 Å². The molecule has 0 atom stereocenters. The number of hydrogen-bond acceptors (Lipinski definition) is 5. The molecule has 174 valence electrons. The van der Waals surface area contributed by atoms with Crippen LogP contribution in [0.15, 0.2) is 30.7 Å². The summed E-state index contributed by atoms with van der Waals surface area (Å²) in [5, 5.41) is 11.3. The summed E-state index contributed by atoms with van der Waals surface area (Å²) < 4.78 is 9.69. The minimum absolute atomic E-state index is 0.204. The van der Waals surface area contributed by atoms with Gasteiger partial charge in [0.1, 0.15) is 5.69 Å². The third kappa shape index (κ3) is 2.82. The summed E-state index contributed by atoms with van der Waals surface area (Å²) in [5.74, 6) is 0. The van der Waals surface area contributed by atoms with Gasteiger partial charge in [-0.05, 0) is 43.7 Å². The van der Waals surface area contributed by atoms with Crippen LogP contribution in [0.3, 0.4) is 0 Å². The first-order valence-corrected chi connectivity index (χ1v) is 12.6. The fraction of sp³-hybridized carbons (Fsp3) is 0.600. The summed E-state index contributed by atoms with van der Waals surface area (Å²) in [5.41, 5.74) is 4.26. The number of rotatable bonds is 5. The maximum atomic E-state index is 6.75. The Bertz CT molecular complexity index is 1220. The molecule has 5 aliphatic rings. The predicted octanol–water partition coefficient (Wildman–Crippen LogP) is 4.08. The average Bonchev–Trinajstić information content (AvgIpc) is 3.37. The van der Waals surface area contributed by atoms with E-state index in [0.717, 1.165) is 66.7 Å². The van der Waals surface area contributed by atoms with Crippen molar-refractivity contribution in [2.75, 3.05) is 44.3 Å². The molecular weight excluding hydrogens is 436 g/mol. The lowest BCUT2D eigenvalue weighted by atomic mass is 9.38. The first-order chi connectivity index (χ1) is 15.9. The van der Waals surface area contributed by atoms with Crippen molar-refractivity contribution in [1.29, 1.82) is 0 Å². The summed E-state index contributed by atoms with van der Waals surface area (Å²) in [6.07, 6.45) is 11.2. The van der Waals surface area contributed by atoms with Crippen molar-refractivity contribution in [3.8, 4) is 5.69 Å². The molecule has 0 amide bonds. The quantitative estimate of drug-likeness (QED) is 0.567. The largest absolute Gasteiger partial charge is 0.377 e. The number of aromatic nitrogens is 4. The summed E-state index contributed by atoms with van der Waals surface area (Å²) in [4.78, 5) is 4.97. The van der Waals surface area contributed by atoms with Crippen molar-refractivity contribution in [1.82, 2.24) is 24.5 Å². The topological polar surface area (TPSA) is 51.4 Å². The van der Waals surface area contributed by atoms with Gasteiger partial charge in [-0.25, -0.2) is 4.68 Å². The third-order valence-electron chi connectivity index (χ3n) is 9.01. The van der Waals surface area contributed by atoms with Crippen molar-refractivity contribution in [2.24, 2.45) is 5.41 Å². The first kappa shape index (κ1) is 20.3. The molecule has 8 rings (SSSR count). The van der Waals surface area contributed by atoms with Gasteiger partial charge in [0.05, 0.1) is 59.1 Å². The van der Waals surface area contributed by atoms with Crippen LogP contribution in [0.2, 0.25) is 5.02 Å². The summed E-state index contributed by atoms with van der Waals surface area (Å²) in [6, 6.07) is 4.26. The third-order valence-corrected chi connectivity index (χ3v) is 9.31. The second kappa shape index (κ2) is 6.74. The molecular formula is C25H31ClN6O. The molecule has 1 aromatic carbocycles. The van der Waals surface area contributed by atoms with Gasteiger partial charge >= 0.3 is 0 Å². The van der Waals surface area contributed by atoms with Gasteiger partial charge in [0, 0.05) is 31.6 Å². The molecule has 2 aliphatic heterocycles. The van der Waals surface area contributed by atoms with Gasteiger partial charge in [-0.1, -0.05) is 24.9 Å². The van der Waals surface area contributed by atoms with E-state index in [1.165, 1.54) is 25.7 Å². The Hall–Kier alpha value is -2.09. The van der Waals surface area contributed by atoms with Crippen LogP contribution < -0.4 is 4.90 Å². The Balaban J connectivity index is 1.15. The highest BCUT2D eigenvalue weighted by Gasteiger charge is 2.68. The Morgan fingerprint density at radius 1 is 1.03 bits per heavy atom. The van der Waals surface area contributed by atoms with E-state index in [4.69, 9.17) is 26.5 Å². The first-order valence-electron chi connectivity index (χ1n) is 12.2. The van der Waals surface area contributed by atoms with Crippen LogP contribution in [-0.2, 0) is 10.3 Å². The molecule has 2 bridgehead atoms. The van der Waals surface area contributed by atoms with Crippen LogP contribution in [0.25, 0.3) is 16.6 Å². The molecule has 0 radical (unpaired) electrons. The van der Waals surface area contributed by atoms with Crippen molar-refractivity contribution in [3.05, 3.63) is 35.7 Å². The molecule has 0 N–H and O–H groups in total. The lowest BCUT2D eigenvalue weighted by molar-refractivity contribution is -0.194. The zero-order valence-corrected chi connectivity index (χ0v) is 20.2. The molecule has 7 nitrogen and oxygen atoms in total. The van der Waals surface area contributed by atoms with Crippen LogP contribution in [-0.4, -0.2) is 69.4 Å². The summed E-state index contributed by atoms with van der Waals surface area (Å²) >= 11 is 6.75. The number of halogens is 1. The lowest BCUT2D eigenvalue weighted by Crippen LogP contribution is -2.67. The zero-order chi connectivity index (χ0) is 22.4. The Morgan fingerprint density at radius 2 is 1.79 bits per heavy atom. The molecule has 3 aliphatic carbocycles. The minimum Gasteiger partial charge on any atom is -0.377 e. The van der Waals surface area contributed by atoms with E-state index in [0.29, 0.717) is 5.41 Å². The number of anilines is 1. The van der Waals surface area contributed by atoms with Gasteiger partial charge in [-0.3, -0.25) is 9.58 Å². The molecule has 33 heavy (non-hydrogen) atoms. The van der Waals surface area contributed by atoms with E-state index in [1.807, 2.05) is 17.1 Å². The lowest BCUT2D eigenvalue weighted by Gasteiger charge is -2.70. The normalized spacial score (nSPS) is 30.7. The van der Waals surface area contributed by atoms with Gasteiger partial charge in [0.25, 0.3) is 0 Å². The summed E-state index contributed by atoms with van der Waals surface area (Å²) in [6.45, 7) is 10.3. The SMILES string of the molecule is CCC12CC(n3cc(-n4ncc5cc(Cl)c(N6CCN(C7(C)COC7)CC6)cc54)cn3)(C1)C2. The van der Waals surface area contributed by atoms with Crippen molar-refractivity contribution >= 4 is 28.2 Å². The van der Waals surface area contributed by atoms with E-state index in [9.17, 15) is 0 Å². The van der Waals surface area contributed by atoms with Gasteiger partial charge in [0.15, 0.2) is 0 Å². The Kier molecular flexibility index (Phi) is 4.14. The molecule has 2 saturated heterocycles. The van der Waals surface area contributed by atoms with Crippen LogP contribution in [0.4, 0.5) is 5.69 Å². The maximum Gasteiger partial charge on any atom is 0.103 e. The zero-order valence-electron chi connectivity index (χ0n) is 19.4. The van der Waals surface area contributed by atoms with E-state index in [1.54, 1.807) is 0 Å². The molecule has 5 fully saturated rings. The number of nitrogens with zero attached hydrogens (tertiary/aromatic N) is 6. The van der Waals surface area contributed by atoms with Crippen LogP contribution in [0.5, 0.6) is 0 Å². The Labute approximate surface area is 199 Å². The second-order valence-corrected chi connectivity index (χ2v) is 11.5. The van der Waals surface area contributed by atoms with E-state index in [2.05, 4.69) is 46.7 Å². The van der Waals surface area contributed by atoms with Crippen molar-refractivity contribution in [3.63, 3.8) is 0 Å². The highest BCUT2D eigenvalue weighted by Crippen LogP contribution is 2.72.